The molecule has 3 heteroatoms. The van der Waals surface area contributed by atoms with E-state index in [4.69, 9.17) is 0 Å². The first-order chi connectivity index (χ1) is 8.69. The molecule has 0 aliphatic heterocycles. The molecule has 1 N–H and O–H groups in total. The summed E-state index contributed by atoms with van der Waals surface area (Å²) in [6.07, 6.45) is 9.55. The van der Waals surface area contributed by atoms with E-state index in [0.717, 1.165) is 50.3 Å². The fraction of sp³-hybridized carbons (Fsp3) is 0.800. The van der Waals surface area contributed by atoms with Crippen molar-refractivity contribution >= 4 is 0 Å². The van der Waals surface area contributed by atoms with E-state index in [1.54, 1.807) is 0 Å². The predicted octanol–water partition coefficient (Wildman–Crippen LogP) is 3.47. The number of aromatic nitrogens is 2. The van der Waals surface area contributed by atoms with Gasteiger partial charge in [-0.25, -0.2) is 0 Å². The third-order valence-electron chi connectivity index (χ3n) is 4.26. The fourth-order valence-electron chi connectivity index (χ4n) is 3.23. The van der Waals surface area contributed by atoms with Gasteiger partial charge in [-0.15, -0.1) is 0 Å². The molecule has 1 heterocycles. The van der Waals surface area contributed by atoms with Gasteiger partial charge in [0.05, 0.1) is 5.69 Å². The molecule has 0 bridgehead atoms. The Balaban J connectivity index is 2.06. The van der Waals surface area contributed by atoms with Crippen LogP contribution in [0.1, 0.15) is 64.5 Å². The lowest BCUT2D eigenvalue weighted by Gasteiger charge is -2.36. The van der Waals surface area contributed by atoms with Crippen LogP contribution in [-0.2, 0) is 12.1 Å². The van der Waals surface area contributed by atoms with Crippen LogP contribution in [0.25, 0.3) is 0 Å². The zero-order valence-electron chi connectivity index (χ0n) is 11.7. The van der Waals surface area contributed by atoms with E-state index in [0.29, 0.717) is 0 Å². The monoisotopic (exact) mass is 250 g/mol. The van der Waals surface area contributed by atoms with Crippen molar-refractivity contribution < 1.29 is 5.11 Å². The highest BCUT2D eigenvalue weighted by molar-refractivity contribution is 5.13. The SMILES string of the molecule is CCCC1CCC(O)(c2ccnn2CCC)CC1. The van der Waals surface area contributed by atoms with Crippen molar-refractivity contribution in [3.05, 3.63) is 18.0 Å². The van der Waals surface area contributed by atoms with E-state index in [1.807, 2.05) is 16.9 Å². The summed E-state index contributed by atoms with van der Waals surface area (Å²) in [5.41, 5.74) is 0.398. The van der Waals surface area contributed by atoms with Crippen molar-refractivity contribution in [2.45, 2.75) is 70.9 Å². The Bertz CT molecular complexity index is 364. The van der Waals surface area contributed by atoms with Gasteiger partial charge in [0.15, 0.2) is 0 Å². The molecule has 1 aromatic rings. The van der Waals surface area contributed by atoms with Gasteiger partial charge in [-0.2, -0.15) is 5.10 Å². The first-order valence-electron chi connectivity index (χ1n) is 7.44. The van der Waals surface area contributed by atoms with Gasteiger partial charge in [0.2, 0.25) is 0 Å². The van der Waals surface area contributed by atoms with Crippen molar-refractivity contribution in [3.63, 3.8) is 0 Å². The molecule has 1 aromatic heterocycles. The molecular weight excluding hydrogens is 224 g/mol. The molecule has 102 valence electrons. The summed E-state index contributed by atoms with van der Waals surface area (Å²) in [6, 6.07) is 2.00. The maximum Gasteiger partial charge on any atom is 0.106 e. The molecule has 18 heavy (non-hydrogen) atoms. The number of aliphatic hydroxyl groups is 1. The van der Waals surface area contributed by atoms with Crippen molar-refractivity contribution in [2.24, 2.45) is 5.92 Å². The number of hydrogen-bond acceptors (Lipinski definition) is 2. The van der Waals surface area contributed by atoms with Crippen LogP contribution < -0.4 is 0 Å². The lowest BCUT2D eigenvalue weighted by Crippen LogP contribution is -2.34. The van der Waals surface area contributed by atoms with Crippen LogP contribution in [0.4, 0.5) is 0 Å². The number of nitrogens with zero attached hydrogens (tertiary/aromatic N) is 2. The van der Waals surface area contributed by atoms with Crippen molar-refractivity contribution in [2.75, 3.05) is 0 Å². The Morgan fingerprint density at radius 3 is 2.67 bits per heavy atom. The molecule has 1 aliphatic rings. The molecule has 0 radical (unpaired) electrons. The molecular formula is C15H26N2O. The second kappa shape index (κ2) is 5.87. The van der Waals surface area contributed by atoms with E-state index >= 15 is 0 Å². The zero-order chi connectivity index (χ0) is 13.0. The smallest absolute Gasteiger partial charge is 0.106 e. The summed E-state index contributed by atoms with van der Waals surface area (Å²) in [5, 5.41) is 15.2. The average Bonchev–Trinajstić information content (AvgIpc) is 2.82. The summed E-state index contributed by atoms with van der Waals surface area (Å²) in [5.74, 6) is 0.817. The normalized spacial score (nSPS) is 28.5. The second-order valence-electron chi connectivity index (χ2n) is 5.70. The van der Waals surface area contributed by atoms with E-state index in [2.05, 4.69) is 18.9 Å². The predicted molar refractivity (Wildman–Crippen MR) is 73.3 cm³/mol. The Kier molecular flexibility index (Phi) is 4.44. The molecule has 0 spiro atoms. The fourth-order valence-corrected chi connectivity index (χ4v) is 3.23. The third-order valence-corrected chi connectivity index (χ3v) is 4.26. The molecule has 2 rings (SSSR count). The lowest BCUT2D eigenvalue weighted by atomic mass is 9.75. The van der Waals surface area contributed by atoms with Crippen LogP contribution in [0, 0.1) is 5.92 Å². The summed E-state index contributed by atoms with van der Waals surface area (Å²) in [7, 11) is 0. The maximum atomic E-state index is 10.9. The standard InChI is InChI=1S/C15H26N2O/c1-3-5-13-6-9-15(18,10-7-13)14-8-11-16-17(14)12-4-2/h8,11,13,18H,3-7,9-10,12H2,1-2H3. The van der Waals surface area contributed by atoms with Crippen LogP contribution in [0.5, 0.6) is 0 Å². The molecule has 1 saturated carbocycles. The summed E-state index contributed by atoms with van der Waals surface area (Å²) >= 11 is 0. The Hall–Kier alpha value is -0.830. The van der Waals surface area contributed by atoms with Crippen LogP contribution in [0.15, 0.2) is 12.3 Å². The highest BCUT2D eigenvalue weighted by Gasteiger charge is 2.36. The van der Waals surface area contributed by atoms with Gasteiger partial charge in [0.25, 0.3) is 0 Å². The first-order valence-corrected chi connectivity index (χ1v) is 7.44. The number of rotatable bonds is 5. The quantitative estimate of drug-likeness (QED) is 0.869. The minimum Gasteiger partial charge on any atom is -0.384 e. The lowest BCUT2D eigenvalue weighted by molar-refractivity contribution is -0.0227. The molecule has 0 saturated heterocycles. The molecule has 0 unspecified atom stereocenters. The first kappa shape index (κ1) is 13.6. The molecule has 1 fully saturated rings. The minimum atomic E-state index is -0.629. The van der Waals surface area contributed by atoms with Crippen LogP contribution in [0.2, 0.25) is 0 Å². The van der Waals surface area contributed by atoms with Crippen molar-refractivity contribution in [1.29, 1.82) is 0 Å². The Morgan fingerprint density at radius 2 is 2.06 bits per heavy atom. The maximum absolute atomic E-state index is 10.9. The van der Waals surface area contributed by atoms with E-state index in [9.17, 15) is 5.11 Å². The van der Waals surface area contributed by atoms with E-state index in [-0.39, 0.29) is 0 Å². The molecule has 0 amide bonds. The van der Waals surface area contributed by atoms with Crippen molar-refractivity contribution in [1.82, 2.24) is 9.78 Å². The Labute approximate surface area is 110 Å². The highest BCUT2D eigenvalue weighted by Crippen LogP contribution is 2.40. The van der Waals surface area contributed by atoms with Gasteiger partial charge in [-0.05, 0) is 44.1 Å². The topological polar surface area (TPSA) is 38.1 Å². The van der Waals surface area contributed by atoms with Crippen LogP contribution in [0.3, 0.4) is 0 Å². The van der Waals surface area contributed by atoms with Gasteiger partial charge in [0.1, 0.15) is 5.60 Å². The molecule has 3 nitrogen and oxygen atoms in total. The average molecular weight is 250 g/mol. The summed E-state index contributed by atoms with van der Waals surface area (Å²) in [4.78, 5) is 0. The largest absolute Gasteiger partial charge is 0.384 e. The number of aryl methyl sites for hydroxylation is 1. The van der Waals surface area contributed by atoms with Gasteiger partial charge >= 0.3 is 0 Å². The van der Waals surface area contributed by atoms with Gasteiger partial charge in [-0.1, -0.05) is 26.7 Å². The van der Waals surface area contributed by atoms with E-state index < -0.39 is 5.60 Å². The van der Waals surface area contributed by atoms with Gasteiger partial charge in [-0.3, -0.25) is 4.68 Å². The molecule has 0 aromatic carbocycles. The minimum absolute atomic E-state index is 0.629. The Morgan fingerprint density at radius 1 is 1.33 bits per heavy atom. The zero-order valence-corrected chi connectivity index (χ0v) is 11.7. The molecule has 1 aliphatic carbocycles. The third kappa shape index (κ3) is 2.77. The van der Waals surface area contributed by atoms with Crippen molar-refractivity contribution in [3.8, 4) is 0 Å². The summed E-state index contributed by atoms with van der Waals surface area (Å²) in [6.45, 7) is 5.30. The van der Waals surface area contributed by atoms with E-state index in [1.165, 1.54) is 12.8 Å². The highest BCUT2D eigenvalue weighted by atomic mass is 16.3. The van der Waals surface area contributed by atoms with Crippen LogP contribution in [-0.4, -0.2) is 14.9 Å². The second-order valence-corrected chi connectivity index (χ2v) is 5.70. The molecule has 0 atom stereocenters. The summed E-state index contributed by atoms with van der Waals surface area (Å²) < 4.78 is 1.99. The van der Waals surface area contributed by atoms with Gasteiger partial charge < -0.3 is 5.11 Å². The van der Waals surface area contributed by atoms with Crippen LogP contribution >= 0.6 is 0 Å². The number of hydrogen-bond donors (Lipinski definition) is 1. The van der Waals surface area contributed by atoms with Gasteiger partial charge in [0, 0.05) is 12.7 Å².